The van der Waals surface area contributed by atoms with Gasteiger partial charge in [0.15, 0.2) is 11.6 Å². The lowest BCUT2D eigenvalue weighted by molar-refractivity contribution is 0.00335. The van der Waals surface area contributed by atoms with Gasteiger partial charge in [0.2, 0.25) is 0 Å². The Morgan fingerprint density at radius 3 is 2.27 bits per heavy atom. The maximum Gasteiger partial charge on any atom is 0.337 e. The first-order chi connectivity index (χ1) is 17.9. The summed E-state index contributed by atoms with van der Waals surface area (Å²) in [4.78, 5) is 28.1. The van der Waals surface area contributed by atoms with Gasteiger partial charge < -0.3 is 14.4 Å². The largest absolute Gasteiger partial charge is 0.465 e. The fourth-order valence-corrected chi connectivity index (χ4v) is 4.32. The summed E-state index contributed by atoms with van der Waals surface area (Å²) in [6.45, 7) is 2.78. The molecular weight excluding hydrogens is 502 g/mol. The number of hydrogen-bond acceptors (Lipinski definition) is 5. The number of piperazine rings is 1. The molecule has 1 aliphatic rings. The summed E-state index contributed by atoms with van der Waals surface area (Å²) in [6.07, 6.45) is -0.277. The van der Waals surface area contributed by atoms with Crippen LogP contribution in [0.3, 0.4) is 0 Å². The molecule has 0 aromatic heterocycles. The maximum absolute atomic E-state index is 14.1. The number of esters is 1. The van der Waals surface area contributed by atoms with E-state index in [0.29, 0.717) is 49.9 Å². The van der Waals surface area contributed by atoms with Crippen molar-refractivity contribution in [2.45, 2.75) is 12.7 Å². The highest BCUT2D eigenvalue weighted by Crippen LogP contribution is 2.24. The maximum atomic E-state index is 14.1. The number of rotatable bonds is 8. The van der Waals surface area contributed by atoms with E-state index < -0.39 is 23.5 Å². The van der Waals surface area contributed by atoms with E-state index in [1.807, 2.05) is 36.4 Å². The quantitative estimate of drug-likeness (QED) is 0.380. The van der Waals surface area contributed by atoms with E-state index >= 15 is 0 Å². The molecule has 4 rings (SSSR count). The number of nitrogens with zero attached hydrogens (tertiary/aromatic N) is 2. The van der Waals surface area contributed by atoms with Gasteiger partial charge in [-0.25, -0.2) is 13.6 Å². The number of halogens is 3. The van der Waals surface area contributed by atoms with Crippen LogP contribution in [0.15, 0.2) is 66.7 Å². The summed E-state index contributed by atoms with van der Waals surface area (Å²) in [5.74, 6) is -3.07. The average molecular weight is 529 g/mol. The molecule has 37 heavy (non-hydrogen) atoms. The van der Waals surface area contributed by atoms with Crippen LogP contribution in [0.25, 0.3) is 0 Å². The Morgan fingerprint density at radius 2 is 1.62 bits per heavy atom. The van der Waals surface area contributed by atoms with Gasteiger partial charge in [-0.2, -0.15) is 0 Å². The summed E-state index contributed by atoms with van der Waals surface area (Å²) < 4.78 is 38.7. The molecule has 1 heterocycles. The van der Waals surface area contributed by atoms with Gasteiger partial charge in [0, 0.05) is 37.7 Å². The summed E-state index contributed by atoms with van der Waals surface area (Å²) in [6, 6.07) is 18.1. The fourth-order valence-electron chi connectivity index (χ4n) is 4.19. The zero-order valence-corrected chi connectivity index (χ0v) is 21.1. The summed E-state index contributed by atoms with van der Waals surface area (Å²) in [5.41, 5.74) is 2.06. The monoisotopic (exact) mass is 528 g/mol. The lowest BCUT2D eigenvalue weighted by atomic mass is 10.1. The van der Waals surface area contributed by atoms with Crippen LogP contribution in [0.5, 0.6) is 0 Å². The minimum Gasteiger partial charge on any atom is -0.465 e. The standard InChI is InChI=1S/C28H27ClF2N2O4/c1-36-28(35)21-7-5-19(6-8-21)18-37-25(20-9-11-22(29)12-10-20)17-32-13-15-33(16-14-32)27(34)23-3-2-4-24(30)26(23)31/h2-12,25H,13-18H2,1H3. The molecule has 6 nitrogen and oxygen atoms in total. The third-order valence-corrected chi connectivity index (χ3v) is 6.59. The Bertz CT molecular complexity index is 1230. The molecule has 1 saturated heterocycles. The average Bonchev–Trinajstić information content (AvgIpc) is 2.93. The van der Waals surface area contributed by atoms with Crippen LogP contribution in [0.2, 0.25) is 5.02 Å². The van der Waals surface area contributed by atoms with E-state index in [1.54, 1.807) is 12.1 Å². The summed E-state index contributed by atoms with van der Waals surface area (Å²) in [7, 11) is 1.34. The molecule has 1 unspecified atom stereocenters. The third-order valence-electron chi connectivity index (χ3n) is 6.33. The number of carbonyl (C=O) groups is 2. The molecule has 0 N–H and O–H groups in total. The van der Waals surface area contributed by atoms with Gasteiger partial charge in [-0.1, -0.05) is 41.9 Å². The third kappa shape index (κ3) is 6.71. The molecule has 1 fully saturated rings. The van der Waals surface area contributed by atoms with Crippen LogP contribution in [0.1, 0.15) is 37.9 Å². The predicted octanol–water partition coefficient (Wildman–Crippen LogP) is 5.12. The van der Waals surface area contributed by atoms with Gasteiger partial charge in [-0.15, -0.1) is 0 Å². The van der Waals surface area contributed by atoms with Crippen molar-refractivity contribution >= 4 is 23.5 Å². The first-order valence-electron chi connectivity index (χ1n) is 11.9. The Morgan fingerprint density at radius 1 is 0.946 bits per heavy atom. The van der Waals surface area contributed by atoms with Gasteiger partial charge in [0.1, 0.15) is 0 Å². The van der Waals surface area contributed by atoms with Gasteiger partial charge in [-0.3, -0.25) is 9.69 Å². The highest BCUT2D eigenvalue weighted by molar-refractivity contribution is 6.30. The lowest BCUT2D eigenvalue weighted by Gasteiger charge is -2.36. The highest BCUT2D eigenvalue weighted by Gasteiger charge is 2.27. The Labute approximate surface area is 219 Å². The van der Waals surface area contributed by atoms with Crippen molar-refractivity contribution in [2.24, 2.45) is 0 Å². The number of methoxy groups -OCH3 is 1. The molecule has 1 atom stereocenters. The van der Waals surface area contributed by atoms with Crippen molar-refractivity contribution in [3.8, 4) is 0 Å². The molecule has 9 heteroatoms. The van der Waals surface area contributed by atoms with Crippen LogP contribution < -0.4 is 0 Å². The van der Waals surface area contributed by atoms with Crippen molar-refractivity contribution in [3.05, 3.63) is 106 Å². The minimum atomic E-state index is -1.12. The number of ether oxygens (including phenoxy) is 2. The van der Waals surface area contributed by atoms with E-state index in [4.69, 9.17) is 21.1 Å². The number of amides is 1. The second kappa shape index (κ2) is 12.3. The van der Waals surface area contributed by atoms with E-state index in [1.165, 1.54) is 24.1 Å². The van der Waals surface area contributed by atoms with E-state index in [2.05, 4.69) is 4.90 Å². The first kappa shape index (κ1) is 26.7. The van der Waals surface area contributed by atoms with Crippen molar-refractivity contribution in [1.82, 2.24) is 9.80 Å². The second-order valence-electron chi connectivity index (χ2n) is 8.73. The van der Waals surface area contributed by atoms with Gasteiger partial charge in [0.05, 0.1) is 30.9 Å². The predicted molar refractivity (Wildman–Crippen MR) is 135 cm³/mol. The molecule has 3 aromatic carbocycles. The molecule has 1 aliphatic heterocycles. The van der Waals surface area contributed by atoms with Crippen LogP contribution in [0, 0.1) is 11.6 Å². The van der Waals surface area contributed by atoms with Crippen LogP contribution in [-0.2, 0) is 16.1 Å². The van der Waals surface area contributed by atoms with E-state index in [-0.39, 0.29) is 11.7 Å². The molecule has 1 amide bonds. The van der Waals surface area contributed by atoms with Gasteiger partial charge >= 0.3 is 5.97 Å². The van der Waals surface area contributed by atoms with Crippen molar-refractivity contribution < 1.29 is 27.8 Å². The fraction of sp³-hybridized carbons (Fsp3) is 0.286. The topological polar surface area (TPSA) is 59.1 Å². The van der Waals surface area contributed by atoms with E-state index in [0.717, 1.165) is 17.2 Å². The number of benzene rings is 3. The van der Waals surface area contributed by atoms with Crippen molar-refractivity contribution in [3.63, 3.8) is 0 Å². The number of carbonyl (C=O) groups excluding carboxylic acids is 2. The highest BCUT2D eigenvalue weighted by atomic mass is 35.5. The van der Waals surface area contributed by atoms with Crippen molar-refractivity contribution in [2.75, 3.05) is 39.8 Å². The van der Waals surface area contributed by atoms with E-state index in [9.17, 15) is 18.4 Å². The molecule has 0 aliphatic carbocycles. The molecule has 0 radical (unpaired) electrons. The minimum absolute atomic E-state index is 0.256. The SMILES string of the molecule is COC(=O)c1ccc(COC(CN2CCN(C(=O)c3cccc(F)c3F)CC2)c2ccc(Cl)cc2)cc1. The first-order valence-corrected chi connectivity index (χ1v) is 12.2. The molecule has 0 bridgehead atoms. The van der Waals surface area contributed by atoms with Crippen molar-refractivity contribution in [1.29, 1.82) is 0 Å². The van der Waals surface area contributed by atoms with Crippen LogP contribution in [0.4, 0.5) is 8.78 Å². The molecule has 0 saturated carbocycles. The summed E-state index contributed by atoms with van der Waals surface area (Å²) in [5, 5.41) is 0.623. The zero-order valence-electron chi connectivity index (χ0n) is 20.3. The molecular formula is C28H27ClF2N2O4. The Balaban J connectivity index is 1.39. The molecule has 0 spiro atoms. The summed E-state index contributed by atoms with van der Waals surface area (Å²) >= 11 is 6.07. The number of hydrogen-bond donors (Lipinski definition) is 0. The Kier molecular flexibility index (Phi) is 8.87. The molecule has 194 valence electrons. The Hall–Kier alpha value is -3.33. The normalized spacial score (nSPS) is 14.9. The van der Waals surface area contributed by atoms with Crippen LogP contribution in [-0.4, -0.2) is 61.5 Å². The smallest absolute Gasteiger partial charge is 0.337 e. The van der Waals surface area contributed by atoms with Gasteiger partial charge in [-0.05, 0) is 47.5 Å². The second-order valence-corrected chi connectivity index (χ2v) is 9.17. The van der Waals surface area contributed by atoms with Gasteiger partial charge in [0.25, 0.3) is 5.91 Å². The zero-order chi connectivity index (χ0) is 26.4. The lowest BCUT2D eigenvalue weighted by Crippen LogP contribution is -2.49. The molecule has 3 aromatic rings. The van der Waals surface area contributed by atoms with Crippen LogP contribution >= 0.6 is 11.6 Å².